The maximum Gasteiger partial charge on any atom is 0.322 e. The van der Waals surface area contributed by atoms with Crippen molar-refractivity contribution in [3.8, 4) is 0 Å². The van der Waals surface area contributed by atoms with Gasteiger partial charge in [-0.1, -0.05) is 57.2 Å². The molecule has 244 valence electrons. The van der Waals surface area contributed by atoms with Gasteiger partial charge in [-0.2, -0.15) is 0 Å². The maximum absolute atomic E-state index is 14.0. The van der Waals surface area contributed by atoms with Gasteiger partial charge >= 0.3 is 6.03 Å². The number of carbonyl (C=O) groups excluding carboxylic acids is 3. The summed E-state index contributed by atoms with van der Waals surface area (Å²) in [6.45, 7) is 13.0. The van der Waals surface area contributed by atoms with Gasteiger partial charge in [-0.3, -0.25) is 9.59 Å². The molecule has 10 heteroatoms. The van der Waals surface area contributed by atoms with Crippen LogP contribution in [0.4, 0.5) is 16.2 Å². The molecule has 1 N–H and O–H groups in total. The Bertz CT molecular complexity index is 1400. The number of rotatable bonds is 6. The molecule has 3 fully saturated rings. The molecule has 2 atom stereocenters. The molecular weight excluding hydrogens is 584 g/mol. The summed E-state index contributed by atoms with van der Waals surface area (Å²) in [7, 11) is 2.16. The van der Waals surface area contributed by atoms with Crippen molar-refractivity contribution in [2.75, 3.05) is 69.6 Å². The van der Waals surface area contributed by atoms with Gasteiger partial charge in [-0.05, 0) is 49.4 Å². The van der Waals surface area contributed by atoms with E-state index in [9.17, 15) is 14.4 Å². The normalized spacial score (nSPS) is 23.6. The second-order valence-corrected chi connectivity index (χ2v) is 15.5. The lowest BCUT2D eigenvalue weighted by atomic mass is 9.95. The van der Waals surface area contributed by atoms with E-state index in [-0.39, 0.29) is 42.5 Å². The zero-order valence-corrected chi connectivity index (χ0v) is 28.0. The third kappa shape index (κ3) is 7.12. The number of amides is 4. The standard InChI is InChI=1S/C35H48N6O3S.H2/c1-35(2,3)24-41-32(43)30(45-33(41)27-10-6-8-12-29(27)38-21-19-37(4)20-22-38)23-31(42)39-16-14-26(15-17-39)40-18-13-25-9-5-7-11-28(25)36-34(40)44;/h5-12,26,30,33H,13-24H2,1-4H3,(H,36,44);1H. The van der Waals surface area contributed by atoms with Crippen LogP contribution in [-0.2, 0) is 16.0 Å². The predicted molar refractivity (Wildman–Crippen MR) is 184 cm³/mol. The monoisotopic (exact) mass is 634 g/mol. The molecule has 4 aliphatic rings. The van der Waals surface area contributed by atoms with E-state index in [1.807, 2.05) is 32.9 Å². The minimum atomic E-state index is -0.405. The molecule has 0 bridgehead atoms. The molecule has 0 aliphatic carbocycles. The summed E-state index contributed by atoms with van der Waals surface area (Å²) in [6.07, 6.45) is 2.53. The predicted octanol–water partition coefficient (Wildman–Crippen LogP) is 5.14. The fraction of sp³-hybridized carbons (Fsp3) is 0.571. The van der Waals surface area contributed by atoms with Crippen molar-refractivity contribution in [3.63, 3.8) is 0 Å². The smallest absolute Gasteiger partial charge is 0.322 e. The number of carbonyl (C=O) groups is 3. The van der Waals surface area contributed by atoms with E-state index in [2.05, 4.69) is 73.3 Å². The van der Waals surface area contributed by atoms with E-state index < -0.39 is 5.25 Å². The van der Waals surface area contributed by atoms with E-state index in [1.54, 1.807) is 11.8 Å². The number of fused-ring (bicyclic) bond motifs is 1. The number of piperazine rings is 1. The van der Waals surface area contributed by atoms with Crippen LogP contribution < -0.4 is 10.2 Å². The summed E-state index contributed by atoms with van der Waals surface area (Å²) in [4.78, 5) is 51.4. The summed E-state index contributed by atoms with van der Waals surface area (Å²) >= 11 is 1.64. The SMILES string of the molecule is CN1CCN(c2ccccc2C2SC(CC(=O)N3CCC(N4CCc5ccccc5NC4=O)CC3)C(=O)N2CC(C)(C)C)CC1.[HH]. The van der Waals surface area contributed by atoms with E-state index in [0.29, 0.717) is 26.2 Å². The van der Waals surface area contributed by atoms with Gasteiger partial charge in [0.15, 0.2) is 0 Å². The molecular formula is C35H50N6O3S. The molecule has 4 heterocycles. The second kappa shape index (κ2) is 13.2. The van der Waals surface area contributed by atoms with E-state index in [0.717, 1.165) is 56.7 Å². The Balaban J connectivity index is 0.00000417. The maximum atomic E-state index is 14.0. The topological polar surface area (TPSA) is 79.4 Å². The third-order valence-electron chi connectivity index (χ3n) is 9.59. The summed E-state index contributed by atoms with van der Waals surface area (Å²) < 4.78 is 0. The average Bonchev–Trinajstić information content (AvgIpc) is 3.20. The third-order valence-corrected chi connectivity index (χ3v) is 11.0. The van der Waals surface area contributed by atoms with Gasteiger partial charge in [0, 0.05) is 83.2 Å². The van der Waals surface area contributed by atoms with Crippen molar-refractivity contribution >= 4 is 41.0 Å². The first-order valence-corrected chi connectivity index (χ1v) is 17.4. The number of anilines is 2. The largest absolute Gasteiger partial charge is 0.369 e. The number of nitrogens with one attached hydrogen (secondary N) is 1. The van der Waals surface area contributed by atoms with Crippen molar-refractivity contribution in [3.05, 3.63) is 59.7 Å². The van der Waals surface area contributed by atoms with E-state index in [1.165, 1.54) is 11.3 Å². The Morgan fingerprint density at radius 2 is 1.62 bits per heavy atom. The van der Waals surface area contributed by atoms with Crippen LogP contribution in [0.1, 0.15) is 58.0 Å². The fourth-order valence-corrected chi connectivity index (χ4v) is 8.59. The van der Waals surface area contributed by atoms with Crippen molar-refractivity contribution in [2.24, 2.45) is 5.41 Å². The number of hydrogen-bond acceptors (Lipinski definition) is 6. The highest BCUT2D eigenvalue weighted by atomic mass is 32.2. The van der Waals surface area contributed by atoms with Crippen molar-refractivity contribution in [2.45, 2.75) is 63.1 Å². The number of nitrogens with zero attached hydrogens (tertiary/aromatic N) is 5. The van der Waals surface area contributed by atoms with E-state index >= 15 is 0 Å². The Morgan fingerprint density at radius 1 is 0.933 bits per heavy atom. The molecule has 4 aliphatic heterocycles. The molecule has 0 aromatic heterocycles. The highest BCUT2D eigenvalue weighted by molar-refractivity contribution is 8.01. The Morgan fingerprint density at radius 3 is 2.36 bits per heavy atom. The van der Waals surface area contributed by atoms with Gasteiger partial charge in [-0.25, -0.2) is 4.79 Å². The molecule has 45 heavy (non-hydrogen) atoms. The highest BCUT2D eigenvalue weighted by Crippen LogP contribution is 2.48. The summed E-state index contributed by atoms with van der Waals surface area (Å²) in [5, 5.41) is 2.55. The van der Waals surface area contributed by atoms with Gasteiger partial charge in [-0.15, -0.1) is 11.8 Å². The average molecular weight is 635 g/mol. The lowest BCUT2D eigenvalue weighted by Crippen LogP contribution is -2.50. The Hall–Kier alpha value is -3.24. The fourth-order valence-electron chi connectivity index (χ4n) is 7.12. The number of likely N-dealkylation sites (N-methyl/N-ethyl adjacent to an activating group) is 1. The number of para-hydroxylation sites is 2. The van der Waals surface area contributed by atoms with Crippen LogP contribution >= 0.6 is 11.8 Å². The number of likely N-dealkylation sites (tertiary alicyclic amines) is 1. The summed E-state index contributed by atoms with van der Waals surface area (Å²) in [5.41, 5.74) is 4.34. The van der Waals surface area contributed by atoms with Gasteiger partial charge in [0.25, 0.3) is 0 Å². The van der Waals surface area contributed by atoms with Crippen LogP contribution in [0, 0.1) is 5.41 Å². The van der Waals surface area contributed by atoms with Crippen molar-refractivity contribution < 1.29 is 15.8 Å². The molecule has 2 unspecified atom stereocenters. The molecule has 4 amide bonds. The van der Waals surface area contributed by atoms with Crippen molar-refractivity contribution in [1.29, 1.82) is 0 Å². The van der Waals surface area contributed by atoms with Crippen LogP contribution in [0.3, 0.4) is 0 Å². The van der Waals surface area contributed by atoms with Crippen LogP contribution in [-0.4, -0.2) is 108 Å². The molecule has 6 rings (SSSR count). The lowest BCUT2D eigenvalue weighted by molar-refractivity contribution is -0.137. The number of urea groups is 1. The number of benzene rings is 2. The molecule has 2 aromatic rings. The first kappa shape index (κ1) is 31.7. The number of piperidine rings is 1. The molecule has 3 saturated heterocycles. The first-order valence-electron chi connectivity index (χ1n) is 16.5. The first-order chi connectivity index (χ1) is 21.6. The molecule has 0 saturated carbocycles. The van der Waals surface area contributed by atoms with Crippen LogP contribution in [0.25, 0.3) is 0 Å². The van der Waals surface area contributed by atoms with Crippen LogP contribution in [0.5, 0.6) is 0 Å². The quantitative estimate of drug-likeness (QED) is 0.474. The highest BCUT2D eigenvalue weighted by Gasteiger charge is 2.45. The van der Waals surface area contributed by atoms with Crippen LogP contribution in [0.15, 0.2) is 48.5 Å². The zero-order valence-electron chi connectivity index (χ0n) is 27.2. The number of thioether (sulfide) groups is 1. The van der Waals surface area contributed by atoms with Gasteiger partial charge in [0.1, 0.15) is 5.37 Å². The summed E-state index contributed by atoms with van der Waals surface area (Å²) in [6, 6.07) is 16.5. The molecule has 2 aromatic carbocycles. The number of hydrogen-bond donors (Lipinski definition) is 1. The van der Waals surface area contributed by atoms with Gasteiger partial charge in [0.05, 0.1) is 5.25 Å². The molecule has 0 spiro atoms. The van der Waals surface area contributed by atoms with Gasteiger partial charge in [0.2, 0.25) is 11.8 Å². The van der Waals surface area contributed by atoms with Crippen molar-refractivity contribution in [1.82, 2.24) is 19.6 Å². The minimum absolute atomic E-state index is 0. The Labute approximate surface area is 273 Å². The minimum Gasteiger partial charge on any atom is -0.369 e. The van der Waals surface area contributed by atoms with Crippen LogP contribution in [0.2, 0.25) is 0 Å². The lowest BCUT2D eigenvalue weighted by Gasteiger charge is -2.38. The Kier molecular flexibility index (Phi) is 9.34. The zero-order chi connectivity index (χ0) is 31.7. The second-order valence-electron chi connectivity index (χ2n) is 14.2. The molecule has 0 radical (unpaired) electrons. The van der Waals surface area contributed by atoms with Gasteiger partial charge < -0.3 is 29.8 Å². The summed E-state index contributed by atoms with van der Waals surface area (Å²) in [5.74, 6) is 0.105. The molecule has 9 nitrogen and oxygen atoms in total. The van der Waals surface area contributed by atoms with E-state index in [4.69, 9.17) is 0 Å².